The van der Waals surface area contributed by atoms with Crippen molar-refractivity contribution in [2.24, 2.45) is 0 Å². The lowest BCUT2D eigenvalue weighted by Gasteiger charge is -2.31. The Bertz CT molecular complexity index is 1080. The third-order valence-corrected chi connectivity index (χ3v) is 5.79. The number of aromatic nitrogens is 3. The number of hydrogen-bond donors (Lipinski definition) is 1. The molecule has 2 aromatic heterocycles. The summed E-state index contributed by atoms with van der Waals surface area (Å²) in [5.74, 6) is 2.86. The van der Waals surface area contributed by atoms with Gasteiger partial charge in [-0.1, -0.05) is 6.07 Å². The highest BCUT2D eigenvalue weighted by Gasteiger charge is 2.24. The third kappa shape index (κ3) is 4.75. The zero-order chi connectivity index (χ0) is 22.5. The van der Waals surface area contributed by atoms with Gasteiger partial charge in [0.2, 0.25) is 5.75 Å². The molecule has 0 amide bonds. The molecule has 1 fully saturated rings. The second-order valence-electron chi connectivity index (χ2n) is 7.81. The van der Waals surface area contributed by atoms with E-state index in [4.69, 9.17) is 19.2 Å². The van der Waals surface area contributed by atoms with Crippen molar-refractivity contribution >= 4 is 0 Å². The van der Waals surface area contributed by atoms with Crippen molar-refractivity contribution < 1.29 is 14.2 Å². The summed E-state index contributed by atoms with van der Waals surface area (Å²) in [6, 6.07) is 11.1. The molecule has 4 rings (SSSR count). The summed E-state index contributed by atoms with van der Waals surface area (Å²) in [6.07, 6.45) is 3.54. The van der Waals surface area contributed by atoms with E-state index in [2.05, 4.69) is 14.9 Å². The summed E-state index contributed by atoms with van der Waals surface area (Å²) < 4.78 is 16.4. The Morgan fingerprint density at radius 2 is 1.72 bits per heavy atom. The van der Waals surface area contributed by atoms with Gasteiger partial charge in [-0.3, -0.25) is 14.7 Å². The molecule has 0 atom stereocenters. The minimum atomic E-state index is -0.143. The van der Waals surface area contributed by atoms with E-state index < -0.39 is 0 Å². The normalized spacial score (nSPS) is 14.8. The number of aromatic amines is 1. The maximum atomic E-state index is 12.2. The molecule has 1 aliphatic heterocycles. The highest BCUT2D eigenvalue weighted by atomic mass is 16.5. The predicted molar refractivity (Wildman–Crippen MR) is 121 cm³/mol. The molecule has 1 aromatic carbocycles. The third-order valence-electron chi connectivity index (χ3n) is 5.79. The number of nitrogens with one attached hydrogen (secondary N) is 1. The fraction of sp³-hybridized carbons (Fsp3) is 0.375. The van der Waals surface area contributed by atoms with Gasteiger partial charge in [0.15, 0.2) is 11.5 Å². The highest BCUT2D eigenvalue weighted by molar-refractivity contribution is 5.54. The van der Waals surface area contributed by atoms with Gasteiger partial charge in [-0.05, 0) is 55.8 Å². The number of likely N-dealkylation sites (tertiary alicyclic amines) is 1. The number of rotatable bonds is 7. The summed E-state index contributed by atoms with van der Waals surface area (Å²) in [5.41, 5.74) is 2.28. The maximum Gasteiger partial charge on any atom is 0.251 e. The van der Waals surface area contributed by atoms with Crippen LogP contribution in [0.25, 0.3) is 11.4 Å². The zero-order valence-electron chi connectivity index (χ0n) is 18.6. The molecular weight excluding hydrogens is 408 g/mol. The molecule has 3 aromatic rings. The molecule has 8 heteroatoms. The van der Waals surface area contributed by atoms with Crippen molar-refractivity contribution in [1.82, 2.24) is 19.9 Å². The fourth-order valence-electron chi connectivity index (χ4n) is 4.16. The molecule has 32 heavy (non-hydrogen) atoms. The van der Waals surface area contributed by atoms with E-state index in [0.717, 1.165) is 43.9 Å². The Morgan fingerprint density at radius 1 is 1.00 bits per heavy atom. The number of pyridine rings is 1. The Hall–Kier alpha value is -3.39. The van der Waals surface area contributed by atoms with E-state index in [-0.39, 0.29) is 11.5 Å². The van der Waals surface area contributed by atoms with Crippen molar-refractivity contribution in [3.8, 4) is 28.6 Å². The molecule has 1 N–H and O–H groups in total. The van der Waals surface area contributed by atoms with E-state index in [1.807, 2.05) is 30.3 Å². The van der Waals surface area contributed by atoms with Crippen LogP contribution >= 0.6 is 0 Å². The number of hydrogen-bond acceptors (Lipinski definition) is 7. The molecule has 3 heterocycles. The lowest BCUT2D eigenvalue weighted by Crippen LogP contribution is -2.33. The maximum absolute atomic E-state index is 12.2. The fourth-order valence-corrected chi connectivity index (χ4v) is 4.16. The van der Waals surface area contributed by atoms with Crippen LogP contribution in [0.4, 0.5) is 0 Å². The zero-order valence-corrected chi connectivity index (χ0v) is 18.6. The molecule has 1 aliphatic rings. The van der Waals surface area contributed by atoms with Gasteiger partial charge in [-0.25, -0.2) is 4.98 Å². The molecule has 0 aliphatic carbocycles. The van der Waals surface area contributed by atoms with Crippen molar-refractivity contribution in [2.75, 3.05) is 34.4 Å². The number of methoxy groups -OCH3 is 3. The Labute approximate surface area is 187 Å². The minimum absolute atomic E-state index is 0.143. The lowest BCUT2D eigenvalue weighted by molar-refractivity contribution is 0.201. The average molecular weight is 437 g/mol. The Morgan fingerprint density at radius 3 is 2.31 bits per heavy atom. The van der Waals surface area contributed by atoms with Gasteiger partial charge in [0.1, 0.15) is 5.82 Å². The molecule has 0 bridgehead atoms. The lowest BCUT2D eigenvalue weighted by atomic mass is 9.95. The molecule has 0 spiro atoms. The van der Waals surface area contributed by atoms with Crippen LogP contribution in [0.15, 0.2) is 47.4 Å². The monoisotopic (exact) mass is 436 g/mol. The van der Waals surface area contributed by atoms with Crippen molar-refractivity contribution in [2.45, 2.75) is 25.3 Å². The van der Waals surface area contributed by atoms with E-state index in [1.165, 1.54) is 6.07 Å². The van der Waals surface area contributed by atoms with E-state index in [1.54, 1.807) is 27.5 Å². The summed E-state index contributed by atoms with van der Waals surface area (Å²) in [7, 11) is 4.85. The molecular formula is C24H28N4O4. The molecule has 8 nitrogen and oxygen atoms in total. The van der Waals surface area contributed by atoms with Gasteiger partial charge in [0.25, 0.3) is 5.56 Å². The van der Waals surface area contributed by atoms with Crippen LogP contribution in [0.3, 0.4) is 0 Å². The summed E-state index contributed by atoms with van der Waals surface area (Å²) in [4.78, 5) is 26.6. The Balaban J connectivity index is 1.45. The van der Waals surface area contributed by atoms with E-state index in [9.17, 15) is 4.79 Å². The molecule has 1 saturated heterocycles. The summed E-state index contributed by atoms with van der Waals surface area (Å²) in [5, 5.41) is 0. The van der Waals surface area contributed by atoms with Gasteiger partial charge in [0, 0.05) is 24.7 Å². The van der Waals surface area contributed by atoms with E-state index >= 15 is 0 Å². The largest absolute Gasteiger partial charge is 0.493 e. The quantitative estimate of drug-likeness (QED) is 0.608. The predicted octanol–water partition coefficient (Wildman–Crippen LogP) is 3.24. The molecule has 168 valence electrons. The molecule has 0 unspecified atom stereocenters. The highest BCUT2D eigenvalue weighted by Crippen LogP contribution is 2.38. The standard InChI is InChI=1S/C24H28N4O4/c1-30-20-12-16(13-21(31-2)23(20)32-3)15-28-10-7-17(8-11-28)24-26-19(14-22(29)27-24)18-6-4-5-9-25-18/h4-6,9,12-14,17H,7-8,10-11,15H2,1-3H3,(H,26,27,29). The van der Waals surface area contributed by atoms with Crippen LogP contribution in [0.2, 0.25) is 0 Å². The number of nitrogens with zero attached hydrogens (tertiary/aromatic N) is 3. The topological polar surface area (TPSA) is 89.6 Å². The first-order valence-electron chi connectivity index (χ1n) is 10.6. The molecule has 0 saturated carbocycles. The average Bonchev–Trinajstić information content (AvgIpc) is 2.84. The first-order valence-corrected chi connectivity index (χ1v) is 10.6. The van der Waals surface area contributed by atoms with Gasteiger partial charge >= 0.3 is 0 Å². The van der Waals surface area contributed by atoms with Crippen LogP contribution in [-0.2, 0) is 6.54 Å². The second-order valence-corrected chi connectivity index (χ2v) is 7.81. The van der Waals surface area contributed by atoms with Crippen molar-refractivity contribution in [3.05, 3.63) is 64.3 Å². The van der Waals surface area contributed by atoms with Gasteiger partial charge in [0.05, 0.1) is 32.7 Å². The Kier molecular flexibility index (Phi) is 6.70. The van der Waals surface area contributed by atoms with Crippen LogP contribution < -0.4 is 19.8 Å². The van der Waals surface area contributed by atoms with Crippen LogP contribution in [-0.4, -0.2) is 54.3 Å². The molecule has 0 radical (unpaired) electrons. The number of benzene rings is 1. The van der Waals surface area contributed by atoms with Crippen molar-refractivity contribution in [1.29, 1.82) is 0 Å². The minimum Gasteiger partial charge on any atom is -0.493 e. The van der Waals surface area contributed by atoms with Gasteiger partial charge in [-0.2, -0.15) is 0 Å². The van der Waals surface area contributed by atoms with Crippen LogP contribution in [0.1, 0.15) is 30.1 Å². The van der Waals surface area contributed by atoms with E-state index in [0.29, 0.717) is 28.6 Å². The van der Waals surface area contributed by atoms with Crippen LogP contribution in [0.5, 0.6) is 17.2 Å². The van der Waals surface area contributed by atoms with Gasteiger partial charge in [-0.15, -0.1) is 0 Å². The van der Waals surface area contributed by atoms with Crippen molar-refractivity contribution in [3.63, 3.8) is 0 Å². The second kappa shape index (κ2) is 9.82. The summed E-state index contributed by atoms with van der Waals surface area (Å²) >= 11 is 0. The van der Waals surface area contributed by atoms with Gasteiger partial charge < -0.3 is 19.2 Å². The summed E-state index contributed by atoms with van der Waals surface area (Å²) in [6.45, 7) is 2.58. The number of ether oxygens (including phenoxy) is 3. The number of piperidine rings is 1. The SMILES string of the molecule is COc1cc(CN2CCC(c3nc(-c4ccccn4)cc(=O)[nH]3)CC2)cc(OC)c1OC. The number of H-pyrrole nitrogens is 1. The first kappa shape index (κ1) is 21.8. The first-order chi connectivity index (χ1) is 15.6. The smallest absolute Gasteiger partial charge is 0.251 e. The van der Waals surface area contributed by atoms with Crippen LogP contribution in [0, 0.1) is 0 Å².